The second kappa shape index (κ2) is 9.54. The van der Waals surface area contributed by atoms with Crippen molar-refractivity contribution in [2.24, 2.45) is 0 Å². The molecule has 0 N–H and O–H groups in total. The third kappa shape index (κ3) is 3.80. The number of hydrogen-bond donors (Lipinski definition) is 0. The molecule has 5 rings (SSSR count). The van der Waals surface area contributed by atoms with E-state index in [1.165, 1.54) is 0 Å². The van der Waals surface area contributed by atoms with Crippen molar-refractivity contribution in [2.45, 2.75) is 19.0 Å². The minimum absolute atomic E-state index is 0.135. The predicted molar refractivity (Wildman–Crippen MR) is 143 cm³/mol. The summed E-state index contributed by atoms with van der Waals surface area (Å²) in [5.74, 6) is -1.30. The topological polar surface area (TPSA) is 66.9 Å². The van der Waals surface area contributed by atoms with E-state index < -0.39 is 29.8 Å². The van der Waals surface area contributed by atoms with Crippen molar-refractivity contribution < 1.29 is 19.1 Å². The van der Waals surface area contributed by atoms with Crippen LogP contribution < -0.4 is 9.64 Å². The minimum Gasteiger partial charge on any atom is -0.494 e. The lowest BCUT2D eigenvalue weighted by molar-refractivity contribution is -0.130. The van der Waals surface area contributed by atoms with Crippen molar-refractivity contribution in [1.29, 1.82) is 0 Å². The van der Waals surface area contributed by atoms with E-state index in [0.29, 0.717) is 23.6 Å². The number of anilines is 1. The molecule has 0 aliphatic carbocycles. The Morgan fingerprint density at radius 2 is 1.28 bits per heavy atom. The van der Waals surface area contributed by atoms with Gasteiger partial charge in [0.05, 0.1) is 43.9 Å². The van der Waals surface area contributed by atoms with Crippen molar-refractivity contribution in [3.63, 3.8) is 0 Å². The van der Waals surface area contributed by atoms with Gasteiger partial charge in [0.1, 0.15) is 11.8 Å². The van der Waals surface area contributed by atoms with Crippen molar-refractivity contribution in [3.8, 4) is 5.75 Å². The number of β-lactam (4-membered cyclic amide) rings is 1. The fraction of sp³-hybridized carbons (Fsp3) is 0.160. The normalized spacial score (nSPS) is 19.0. The average Bonchev–Trinajstić information content (AvgIpc) is 3.12. The number of benzene rings is 3. The Kier molecular flexibility index (Phi) is 6.72. The summed E-state index contributed by atoms with van der Waals surface area (Å²) in [6, 6.07) is 12.5. The fourth-order valence-corrected chi connectivity index (χ4v) is 5.77. The van der Waals surface area contributed by atoms with Crippen LogP contribution in [0.1, 0.15) is 39.2 Å². The molecule has 11 heteroatoms. The molecule has 2 heterocycles. The summed E-state index contributed by atoms with van der Waals surface area (Å²) in [5, 5.41) is -0.638. The van der Waals surface area contributed by atoms with Crippen LogP contribution >= 0.6 is 62.3 Å². The zero-order valence-electron chi connectivity index (χ0n) is 18.4. The van der Waals surface area contributed by atoms with Gasteiger partial charge >= 0.3 is 0 Å². The van der Waals surface area contributed by atoms with E-state index in [4.69, 9.17) is 51.1 Å². The van der Waals surface area contributed by atoms with Gasteiger partial charge in [-0.2, -0.15) is 0 Å². The van der Waals surface area contributed by atoms with Crippen molar-refractivity contribution >= 4 is 85.7 Å². The van der Waals surface area contributed by atoms with Crippen LogP contribution in [0.3, 0.4) is 0 Å². The molecule has 2 aliphatic heterocycles. The van der Waals surface area contributed by atoms with Crippen LogP contribution in [0.15, 0.2) is 53.0 Å². The number of hydrogen-bond acceptors (Lipinski definition) is 4. The molecule has 0 spiro atoms. The first-order valence-electron chi connectivity index (χ1n) is 10.7. The molecule has 0 bridgehead atoms. The number of imide groups is 1. The standard InChI is InChI=1S/C25H15BrCl4N2O4/c1-2-36-14-9-3-11(4-10-14)21-22(25(35)31(21)13-7-5-12(26)6-8-13)32-23(33)15-16(24(32)34)18(28)20(30)19(29)17(15)27/h3-10,21-22H,2H2,1H3/t21-,22+/m1/s1. The van der Waals surface area contributed by atoms with Gasteiger partial charge in [-0.05, 0) is 48.9 Å². The van der Waals surface area contributed by atoms with Crippen molar-refractivity contribution in [1.82, 2.24) is 4.90 Å². The third-order valence-electron chi connectivity index (χ3n) is 6.12. The Morgan fingerprint density at radius 3 is 1.78 bits per heavy atom. The molecule has 2 atom stereocenters. The van der Waals surface area contributed by atoms with Gasteiger partial charge in [0.25, 0.3) is 17.7 Å². The number of fused-ring (bicyclic) bond motifs is 1. The van der Waals surface area contributed by atoms with Gasteiger partial charge in [-0.25, -0.2) is 0 Å². The van der Waals surface area contributed by atoms with Crippen LogP contribution in [0.5, 0.6) is 5.75 Å². The number of carbonyl (C=O) groups excluding carboxylic acids is 3. The maximum absolute atomic E-state index is 13.6. The molecule has 0 unspecified atom stereocenters. The van der Waals surface area contributed by atoms with E-state index in [1.54, 1.807) is 53.4 Å². The van der Waals surface area contributed by atoms with E-state index in [-0.39, 0.29) is 31.2 Å². The molecule has 0 radical (unpaired) electrons. The molecule has 36 heavy (non-hydrogen) atoms. The number of nitrogens with zero attached hydrogens (tertiary/aromatic N) is 2. The number of rotatable bonds is 5. The van der Waals surface area contributed by atoms with E-state index in [9.17, 15) is 14.4 Å². The molecule has 3 amide bonds. The number of amides is 3. The summed E-state index contributed by atoms with van der Waals surface area (Å²) in [6.45, 7) is 2.37. The maximum Gasteiger partial charge on any atom is 0.264 e. The van der Waals surface area contributed by atoms with Gasteiger partial charge < -0.3 is 9.64 Å². The van der Waals surface area contributed by atoms with Crippen LogP contribution in [0.25, 0.3) is 0 Å². The third-order valence-corrected chi connectivity index (χ3v) is 8.45. The molecule has 184 valence electrons. The highest BCUT2D eigenvalue weighted by molar-refractivity contribution is 9.10. The summed E-state index contributed by atoms with van der Waals surface area (Å²) in [6.07, 6.45) is 0. The lowest BCUT2D eigenvalue weighted by Gasteiger charge is -2.49. The van der Waals surface area contributed by atoms with Crippen molar-refractivity contribution in [2.75, 3.05) is 11.5 Å². The SMILES string of the molecule is CCOc1ccc([C@@H]2[C@H](N3C(=O)c4c(Cl)c(Cl)c(Cl)c(Cl)c4C3=O)C(=O)N2c2ccc(Br)cc2)cc1. The first kappa shape index (κ1) is 25.4. The number of halogens is 5. The molecular formula is C25H15BrCl4N2O4. The van der Waals surface area contributed by atoms with Crippen LogP contribution in [0, 0.1) is 0 Å². The second-order valence-electron chi connectivity index (χ2n) is 8.06. The van der Waals surface area contributed by atoms with Crippen LogP contribution in [0.2, 0.25) is 20.1 Å². The maximum atomic E-state index is 13.6. The first-order valence-corrected chi connectivity index (χ1v) is 13.0. The summed E-state index contributed by atoms with van der Waals surface area (Å²) in [7, 11) is 0. The molecular weight excluding hydrogens is 614 g/mol. The number of carbonyl (C=O) groups is 3. The lowest BCUT2D eigenvalue weighted by Crippen LogP contribution is -2.67. The Morgan fingerprint density at radius 1 is 0.750 bits per heavy atom. The molecule has 1 saturated heterocycles. The Balaban J connectivity index is 1.60. The Labute approximate surface area is 234 Å². The number of ether oxygens (including phenoxy) is 1. The predicted octanol–water partition coefficient (Wildman–Crippen LogP) is 7.21. The zero-order chi connectivity index (χ0) is 25.9. The monoisotopic (exact) mass is 626 g/mol. The van der Waals surface area contributed by atoms with E-state index >= 15 is 0 Å². The Hall–Kier alpha value is -2.29. The second-order valence-corrected chi connectivity index (χ2v) is 10.5. The smallest absolute Gasteiger partial charge is 0.264 e. The molecule has 0 saturated carbocycles. The molecule has 1 fully saturated rings. The zero-order valence-corrected chi connectivity index (χ0v) is 23.0. The fourth-order valence-electron chi connectivity index (χ4n) is 4.49. The van der Waals surface area contributed by atoms with Crippen molar-refractivity contribution in [3.05, 3.63) is 89.8 Å². The summed E-state index contributed by atoms with van der Waals surface area (Å²) in [4.78, 5) is 43.0. The van der Waals surface area contributed by atoms with Gasteiger partial charge in [-0.15, -0.1) is 0 Å². The quantitative estimate of drug-likeness (QED) is 0.130. The first-order chi connectivity index (χ1) is 17.2. The summed E-state index contributed by atoms with van der Waals surface area (Å²) in [5.41, 5.74) is 0.982. The van der Waals surface area contributed by atoms with Crippen LogP contribution in [0.4, 0.5) is 5.69 Å². The highest BCUT2D eigenvalue weighted by atomic mass is 79.9. The van der Waals surface area contributed by atoms with Crippen LogP contribution in [-0.4, -0.2) is 35.3 Å². The van der Waals surface area contributed by atoms with Gasteiger partial charge in [0, 0.05) is 10.2 Å². The van der Waals surface area contributed by atoms with Gasteiger partial charge in [-0.1, -0.05) is 74.5 Å². The molecule has 3 aromatic carbocycles. The van der Waals surface area contributed by atoms with Gasteiger partial charge in [-0.3, -0.25) is 19.3 Å². The molecule has 0 aromatic heterocycles. The summed E-state index contributed by atoms with van der Waals surface area (Å²) < 4.78 is 6.37. The van der Waals surface area contributed by atoms with Gasteiger partial charge in [0.15, 0.2) is 0 Å². The lowest BCUT2D eigenvalue weighted by atomic mass is 9.86. The van der Waals surface area contributed by atoms with E-state index in [2.05, 4.69) is 15.9 Å². The molecule has 2 aliphatic rings. The Bertz CT molecular complexity index is 1380. The average molecular weight is 629 g/mol. The largest absolute Gasteiger partial charge is 0.494 e. The highest BCUT2D eigenvalue weighted by Gasteiger charge is 2.58. The molecule has 6 nitrogen and oxygen atoms in total. The van der Waals surface area contributed by atoms with Gasteiger partial charge in [0.2, 0.25) is 0 Å². The van der Waals surface area contributed by atoms with E-state index in [1.807, 2.05) is 6.92 Å². The molecule has 3 aromatic rings. The minimum atomic E-state index is -1.14. The highest BCUT2D eigenvalue weighted by Crippen LogP contribution is 2.49. The summed E-state index contributed by atoms with van der Waals surface area (Å²) >= 11 is 28.3. The van der Waals surface area contributed by atoms with Crippen LogP contribution in [-0.2, 0) is 4.79 Å². The van der Waals surface area contributed by atoms with E-state index in [0.717, 1.165) is 9.37 Å².